The molecule has 7 heteroatoms. The van der Waals surface area contributed by atoms with Gasteiger partial charge in [-0.3, -0.25) is 9.69 Å². The molecule has 6 rings (SSSR count). The molecular weight excluding hydrogens is 468 g/mol. The van der Waals surface area contributed by atoms with E-state index in [2.05, 4.69) is 10.2 Å². The molecule has 0 saturated carbocycles. The Morgan fingerprint density at radius 1 is 0.892 bits per heavy atom. The summed E-state index contributed by atoms with van der Waals surface area (Å²) in [6.07, 6.45) is 2.53. The number of fused-ring (bicyclic) bond motifs is 3. The van der Waals surface area contributed by atoms with Gasteiger partial charge in [0.2, 0.25) is 0 Å². The molecule has 0 aromatic heterocycles. The second-order valence-electron chi connectivity index (χ2n) is 9.53. The molecule has 3 aliphatic rings. The van der Waals surface area contributed by atoms with Crippen molar-refractivity contribution in [3.8, 4) is 11.5 Å². The number of rotatable bonds is 10. The number of nitrogens with one attached hydrogen (secondary N) is 1. The topological polar surface area (TPSA) is 77.1 Å². The minimum Gasteiger partial charge on any atom is -0.490 e. The highest BCUT2D eigenvalue weighted by Gasteiger charge is 2.36. The fourth-order valence-corrected chi connectivity index (χ4v) is 5.08. The maximum Gasteiger partial charge on any atom is 0.408 e. The summed E-state index contributed by atoms with van der Waals surface area (Å²) in [6.45, 7) is 3.73. The number of carbonyl (C=O) groups is 2. The molecule has 1 amide bonds. The van der Waals surface area contributed by atoms with Crippen molar-refractivity contribution < 1.29 is 23.8 Å². The molecule has 0 radical (unpaired) electrons. The van der Waals surface area contributed by atoms with Crippen LogP contribution in [0.4, 0.5) is 4.79 Å². The van der Waals surface area contributed by atoms with Crippen LogP contribution >= 0.6 is 0 Å². The van der Waals surface area contributed by atoms with E-state index in [1.54, 1.807) is 24.3 Å². The SMILES string of the molecule is O=Cc1ccc(OCCOc2cccc(C(NC(=O)OC3CN4CCC3CC4)c3ccccc3)c2)cc1. The molecule has 3 fully saturated rings. The zero-order valence-corrected chi connectivity index (χ0v) is 20.8. The normalized spacial score (nSPS) is 21.0. The Kier molecular flexibility index (Phi) is 8.01. The number of alkyl carbamates (subject to hydrolysis) is 1. The first kappa shape index (κ1) is 24.8. The van der Waals surface area contributed by atoms with Crippen molar-refractivity contribution in [3.63, 3.8) is 0 Å². The minimum atomic E-state index is -0.395. The van der Waals surface area contributed by atoms with Crippen LogP contribution in [-0.4, -0.2) is 56.2 Å². The smallest absolute Gasteiger partial charge is 0.408 e. The van der Waals surface area contributed by atoms with Gasteiger partial charge in [0, 0.05) is 12.1 Å². The maximum absolute atomic E-state index is 13.0. The molecule has 3 aromatic rings. The van der Waals surface area contributed by atoms with Crippen molar-refractivity contribution in [1.29, 1.82) is 0 Å². The van der Waals surface area contributed by atoms with Crippen LogP contribution in [0.1, 0.15) is 40.4 Å². The van der Waals surface area contributed by atoms with Crippen molar-refractivity contribution in [1.82, 2.24) is 10.2 Å². The Morgan fingerprint density at radius 3 is 2.27 bits per heavy atom. The third kappa shape index (κ3) is 6.49. The van der Waals surface area contributed by atoms with E-state index in [0.29, 0.717) is 36.2 Å². The zero-order chi connectivity index (χ0) is 25.5. The molecule has 2 atom stereocenters. The average Bonchev–Trinajstić information content (AvgIpc) is 2.96. The molecular formula is C30H32N2O5. The molecule has 7 nitrogen and oxygen atoms in total. The monoisotopic (exact) mass is 500 g/mol. The van der Waals surface area contributed by atoms with Crippen LogP contribution < -0.4 is 14.8 Å². The first-order valence-corrected chi connectivity index (χ1v) is 12.8. The van der Waals surface area contributed by atoms with E-state index in [0.717, 1.165) is 49.9 Å². The van der Waals surface area contributed by atoms with Crippen molar-refractivity contribution in [2.45, 2.75) is 25.0 Å². The number of hydrogen-bond acceptors (Lipinski definition) is 6. The Labute approximate surface area is 217 Å². The molecule has 2 unspecified atom stereocenters. The third-order valence-electron chi connectivity index (χ3n) is 7.08. The second-order valence-corrected chi connectivity index (χ2v) is 9.53. The highest BCUT2D eigenvalue weighted by molar-refractivity contribution is 5.74. The van der Waals surface area contributed by atoms with Gasteiger partial charge in [-0.25, -0.2) is 4.79 Å². The van der Waals surface area contributed by atoms with Gasteiger partial charge in [0.25, 0.3) is 0 Å². The van der Waals surface area contributed by atoms with Gasteiger partial charge in [0.1, 0.15) is 37.1 Å². The lowest BCUT2D eigenvalue weighted by Gasteiger charge is -2.43. The van der Waals surface area contributed by atoms with Crippen molar-refractivity contribution in [2.24, 2.45) is 5.92 Å². The Balaban J connectivity index is 1.21. The number of piperidine rings is 3. The second kappa shape index (κ2) is 11.9. The first-order valence-electron chi connectivity index (χ1n) is 12.8. The number of amides is 1. The summed E-state index contributed by atoms with van der Waals surface area (Å²) in [7, 11) is 0. The maximum atomic E-state index is 13.0. The molecule has 0 aliphatic carbocycles. The number of benzene rings is 3. The van der Waals surface area contributed by atoms with E-state index in [1.165, 1.54) is 0 Å². The number of nitrogens with zero attached hydrogens (tertiary/aromatic N) is 1. The molecule has 3 saturated heterocycles. The van der Waals surface area contributed by atoms with E-state index in [9.17, 15) is 9.59 Å². The number of ether oxygens (including phenoxy) is 3. The molecule has 3 aromatic carbocycles. The summed E-state index contributed by atoms with van der Waals surface area (Å²) in [4.78, 5) is 26.2. The van der Waals surface area contributed by atoms with Gasteiger partial charge >= 0.3 is 6.09 Å². The van der Waals surface area contributed by atoms with Gasteiger partial charge in [-0.15, -0.1) is 0 Å². The summed E-state index contributed by atoms with van der Waals surface area (Å²) in [5.74, 6) is 1.82. The van der Waals surface area contributed by atoms with Crippen LogP contribution in [0.5, 0.6) is 11.5 Å². The number of hydrogen-bond donors (Lipinski definition) is 1. The van der Waals surface area contributed by atoms with Crippen molar-refractivity contribution >= 4 is 12.4 Å². The fraction of sp³-hybridized carbons (Fsp3) is 0.333. The molecule has 37 heavy (non-hydrogen) atoms. The quantitative estimate of drug-likeness (QED) is 0.316. The van der Waals surface area contributed by atoms with Crippen LogP contribution in [0.2, 0.25) is 0 Å². The summed E-state index contributed by atoms with van der Waals surface area (Å²) in [5, 5.41) is 3.10. The van der Waals surface area contributed by atoms with E-state index < -0.39 is 6.09 Å². The lowest BCUT2D eigenvalue weighted by Crippen LogP contribution is -2.52. The molecule has 3 aliphatic heterocycles. The van der Waals surface area contributed by atoms with Gasteiger partial charge in [-0.2, -0.15) is 0 Å². The summed E-state index contributed by atoms with van der Waals surface area (Å²) in [5.41, 5.74) is 2.47. The lowest BCUT2D eigenvalue weighted by molar-refractivity contribution is -0.0336. The van der Waals surface area contributed by atoms with Crippen LogP contribution in [0.15, 0.2) is 78.9 Å². The first-order chi connectivity index (χ1) is 18.2. The number of aldehydes is 1. The van der Waals surface area contributed by atoms with E-state index in [4.69, 9.17) is 14.2 Å². The van der Waals surface area contributed by atoms with Crippen molar-refractivity contribution in [2.75, 3.05) is 32.8 Å². The van der Waals surface area contributed by atoms with E-state index in [-0.39, 0.29) is 12.1 Å². The van der Waals surface area contributed by atoms with Gasteiger partial charge in [0.15, 0.2) is 0 Å². The predicted molar refractivity (Wildman–Crippen MR) is 140 cm³/mol. The summed E-state index contributed by atoms with van der Waals surface area (Å²) >= 11 is 0. The Bertz CT molecular complexity index is 1180. The average molecular weight is 501 g/mol. The van der Waals surface area contributed by atoms with Crippen LogP contribution in [-0.2, 0) is 4.74 Å². The van der Waals surface area contributed by atoms with Crippen LogP contribution in [0.25, 0.3) is 0 Å². The van der Waals surface area contributed by atoms with E-state index in [1.807, 2.05) is 54.6 Å². The van der Waals surface area contributed by atoms with Crippen LogP contribution in [0, 0.1) is 5.92 Å². The summed E-state index contributed by atoms with van der Waals surface area (Å²) < 4.78 is 17.5. The predicted octanol–water partition coefficient (Wildman–Crippen LogP) is 4.87. The van der Waals surface area contributed by atoms with Gasteiger partial charge in [0.05, 0.1) is 6.04 Å². The van der Waals surface area contributed by atoms with Gasteiger partial charge in [-0.05, 0) is 79.4 Å². The number of carbonyl (C=O) groups excluding carboxylic acids is 2. The Morgan fingerprint density at radius 2 is 1.59 bits per heavy atom. The highest BCUT2D eigenvalue weighted by Crippen LogP contribution is 2.30. The summed E-state index contributed by atoms with van der Waals surface area (Å²) in [6, 6.07) is 24.2. The molecule has 2 bridgehead atoms. The lowest BCUT2D eigenvalue weighted by atomic mass is 9.86. The molecule has 1 N–H and O–H groups in total. The van der Waals surface area contributed by atoms with E-state index >= 15 is 0 Å². The zero-order valence-electron chi connectivity index (χ0n) is 20.8. The largest absolute Gasteiger partial charge is 0.490 e. The van der Waals surface area contributed by atoms with Gasteiger partial charge < -0.3 is 19.5 Å². The fourth-order valence-electron chi connectivity index (χ4n) is 5.08. The van der Waals surface area contributed by atoms with Gasteiger partial charge in [-0.1, -0.05) is 42.5 Å². The molecule has 192 valence electrons. The third-order valence-corrected chi connectivity index (χ3v) is 7.08. The van der Waals surface area contributed by atoms with Crippen molar-refractivity contribution in [3.05, 3.63) is 95.6 Å². The Hall–Kier alpha value is -3.84. The van der Waals surface area contributed by atoms with Crippen LogP contribution in [0.3, 0.4) is 0 Å². The highest BCUT2D eigenvalue weighted by atomic mass is 16.6. The molecule has 0 spiro atoms. The minimum absolute atomic E-state index is 0.0526. The molecule has 3 heterocycles. The standard InChI is InChI=1S/C30H32N2O5/c33-21-22-9-11-26(12-10-22)35-17-18-36-27-8-4-7-25(19-27)29(24-5-2-1-3-6-24)31-30(34)37-28-20-32-15-13-23(28)14-16-32/h1-12,19,21,23,28-29H,13-18,20H2,(H,31,34).